The topological polar surface area (TPSA) is 58.6 Å². The van der Waals surface area contributed by atoms with Gasteiger partial charge in [0.15, 0.2) is 0 Å². The van der Waals surface area contributed by atoms with Gasteiger partial charge in [-0.05, 0) is 43.9 Å². The average molecular weight is 220 g/mol. The molecule has 0 saturated heterocycles. The standard InChI is InChI=1S/C13H20N2O/c1-11(14)15-10-4-2-3-5-12-6-8-13(16)9-7-12/h6-9,16H,2-5,10H2,1H3,(H2,14,15). The summed E-state index contributed by atoms with van der Waals surface area (Å²) in [6.45, 7) is 2.65. The third-order valence-corrected chi connectivity index (χ3v) is 2.42. The van der Waals surface area contributed by atoms with E-state index in [1.165, 1.54) is 5.56 Å². The van der Waals surface area contributed by atoms with Crippen molar-refractivity contribution in [3.8, 4) is 5.75 Å². The number of nitrogens with two attached hydrogens (primary N) is 1. The van der Waals surface area contributed by atoms with Gasteiger partial charge in [-0.2, -0.15) is 0 Å². The second-order valence-electron chi connectivity index (χ2n) is 4.00. The molecule has 0 unspecified atom stereocenters. The number of unbranched alkanes of at least 4 members (excludes halogenated alkanes) is 2. The van der Waals surface area contributed by atoms with Crippen LogP contribution in [0.2, 0.25) is 0 Å². The number of amidine groups is 1. The largest absolute Gasteiger partial charge is 0.508 e. The van der Waals surface area contributed by atoms with Crippen molar-refractivity contribution in [2.24, 2.45) is 10.7 Å². The third-order valence-electron chi connectivity index (χ3n) is 2.42. The first kappa shape index (κ1) is 12.6. The number of phenolic OH excluding ortho intramolecular Hbond substituents is 1. The van der Waals surface area contributed by atoms with Crippen LogP contribution in [0.5, 0.6) is 5.75 Å². The molecule has 0 aliphatic rings. The third kappa shape index (κ3) is 5.39. The molecule has 0 atom stereocenters. The lowest BCUT2D eigenvalue weighted by molar-refractivity contribution is 0.475. The smallest absolute Gasteiger partial charge is 0.115 e. The molecule has 0 amide bonds. The number of rotatable bonds is 6. The van der Waals surface area contributed by atoms with Crippen LogP contribution in [-0.2, 0) is 6.42 Å². The number of phenols is 1. The Labute approximate surface area is 97.0 Å². The Morgan fingerprint density at radius 2 is 1.88 bits per heavy atom. The molecule has 0 spiro atoms. The highest BCUT2D eigenvalue weighted by atomic mass is 16.3. The predicted molar refractivity (Wildman–Crippen MR) is 67.8 cm³/mol. The minimum Gasteiger partial charge on any atom is -0.508 e. The van der Waals surface area contributed by atoms with Crippen LogP contribution in [0.4, 0.5) is 0 Å². The van der Waals surface area contributed by atoms with E-state index in [0.29, 0.717) is 11.6 Å². The number of benzene rings is 1. The molecule has 1 aromatic carbocycles. The van der Waals surface area contributed by atoms with E-state index < -0.39 is 0 Å². The molecule has 0 radical (unpaired) electrons. The molecule has 0 fully saturated rings. The summed E-state index contributed by atoms with van der Waals surface area (Å²) in [5, 5.41) is 9.12. The Hall–Kier alpha value is -1.51. The van der Waals surface area contributed by atoms with Crippen molar-refractivity contribution in [1.82, 2.24) is 0 Å². The molecule has 3 heteroatoms. The van der Waals surface area contributed by atoms with Gasteiger partial charge in [-0.25, -0.2) is 0 Å². The van der Waals surface area contributed by atoms with Gasteiger partial charge in [0.2, 0.25) is 0 Å². The normalized spacial score (nSPS) is 11.7. The second-order valence-corrected chi connectivity index (χ2v) is 4.00. The molecule has 1 aromatic rings. The van der Waals surface area contributed by atoms with Gasteiger partial charge in [0.1, 0.15) is 5.75 Å². The minimum absolute atomic E-state index is 0.330. The van der Waals surface area contributed by atoms with Crippen molar-refractivity contribution >= 4 is 5.84 Å². The van der Waals surface area contributed by atoms with Crippen LogP contribution in [0.25, 0.3) is 0 Å². The van der Waals surface area contributed by atoms with E-state index in [2.05, 4.69) is 4.99 Å². The first-order chi connectivity index (χ1) is 7.68. The summed E-state index contributed by atoms with van der Waals surface area (Å²) in [7, 11) is 0. The summed E-state index contributed by atoms with van der Waals surface area (Å²) in [4.78, 5) is 4.14. The highest BCUT2D eigenvalue weighted by Crippen LogP contribution is 2.12. The van der Waals surface area contributed by atoms with Crippen LogP contribution >= 0.6 is 0 Å². The summed E-state index contributed by atoms with van der Waals surface area (Å²) >= 11 is 0. The lowest BCUT2D eigenvalue weighted by Crippen LogP contribution is -2.05. The zero-order valence-corrected chi connectivity index (χ0v) is 9.82. The van der Waals surface area contributed by atoms with Crippen molar-refractivity contribution in [2.75, 3.05) is 6.54 Å². The molecule has 0 aliphatic carbocycles. The second kappa shape index (κ2) is 6.88. The zero-order valence-electron chi connectivity index (χ0n) is 9.82. The molecule has 16 heavy (non-hydrogen) atoms. The number of aliphatic imine (C=N–C) groups is 1. The number of aromatic hydroxyl groups is 1. The van der Waals surface area contributed by atoms with Crippen LogP contribution in [0.15, 0.2) is 29.3 Å². The monoisotopic (exact) mass is 220 g/mol. The van der Waals surface area contributed by atoms with E-state index in [1.807, 2.05) is 19.1 Å². The molecule has 3 N–H and O–H groups in total. The average Bonchev–Trinajstić information content (AvgIpc) is 2.25. The predicted octanol–water partition coefficient (Wildman–Crippen LogP) is 2.48. The molecule has 0 heterocycles. The Balaban J connectivity index is 2.12. The van der Waals surface area contributed by atoms with Crippen molar-refractivity contribution < 1.29 is 5.11 Å². The van der Waals surface area contributed by atoms with Crippen molar-refractivity contribution in [1.29, 1.82) is 0 Å². The molecule has 88 valence electrons. The molecule has 1 rings (SSSR count). The van der Waals surface area contributed by atoms with E-state index >= 15 is 0 Å². The summed E-state index contributed by atoms with van der Waals surface area (Å²) in [5.41, 5.74) is 6.71. The molecular formula is C13H20N2O. The Bertz CT molecular complexity index is 326. The van der Waals surface area contributed by atoms with Crippen LogP contribution < -0.4 is 5.73 Å². The highest BCUT2D eigenvalue weighted by Gasteiger charge is 1.94. The molecule has 3 nitrogen and oxygen atoms in total. The molecular weight excluding hydrogens is 200 g/mol. The Morgan fingerprint density at radius 3 is 2.50 bits per heavy atom. The first-order valence-corrected chi connectivity index (χ1v) is 5.73. The van der Waals surface area contributed by atoms with Crippen molar-refractivity contribution in [3.63, 3.8) is 0 Å². The molecule has 0 aromatic heterocycles. The van der Waals surface area contributed by atoms with E-state index in [4.69, 9.17) is 10.8 Å². The number of hydrogen-bond acceptors (Lipinski definition) is 2. The molecule has 0 saturated carbocycles. The van der Waals surface area contributed by atoms with Gasteiger partial charge < -0.3 is 10.8 Å². The lowest BCUT2D eigenvalue weighted by atomic mass is 10.1. The van der Waals surface area contributed by atoms with E-state index in [9.17, 15) is 0 Å². The maximum absolute atomic E-state index is 9.12. The van der Waals surface area contributed by atoms with Gasteiger partial charge >= 0.3 is 0 Å². The maximum atomic E-state index is 9.12. The number of nitrogens with zero attached hydrogens (tertiary/aromatic N) is 1. The van der Waals surface area contributed by atoms with Gasteiger partial charge in [0, 0.05) is 6.54 Å². The summed E-state index contributed by atoms with van der Waals surface area (Å²) in [5.74, 6) is 0.995. The SMILES string of the molecule is CC(N)=NCCCCCc1ccc(O)cc1. The quantitative estimate of drug-likeness (QED) is 0.439. The van der Waals surface area contributed by atoms with E-state index in [0.717, 1.165) is 32.2 Å². The summed E-state index contributed by atoms with van der Waals surface area (Å²) < 4.78 is 0. The lowest BCUT2D eigenvalue weighted by Gasteiger charge is -2.01. The van der Waals surface area contributed by atoms with Gasteiger partial charge in [0.25, 0.3) is 0 Å². The molecule has 0 aliphatic heterocycles. The fourth-order valence-corrected chi connectivity index (χ4v) is 1.54. The van der Waals surface area contributed by atoms with Crippen molar-refractivity contribution in [2.45, 2.75) is 32.6 Å². The minimum atomic E-state index is 0.330. The van der Waals surface area contributed by atoms with Gasteiger partial charge in [0.05, 0.1) is 5.84 Å². The summed E-state index contributed by atoms with van der Waals surface area (Å²) in [6, 6.07) is 7.41. The van der Waals surface area contributed by atoms with Crippen LogP contribution in [0, 0.1) is 0 Å². The maximum Gasteiger partial charge on any atom is 0.115 e. The van der Waals surface area contributed by atoms with E-state index in [1.54, 1.807) is 12.1 Å². The first-order valence-electron chi connectivity index (χ1n) is 5.73. The van der Waals surface area contributed by atoms with Crippen LogP contribution in [-0.4, -0.2) is 17.5 Å². The highest BCUT2D eigenvalue weighted by molar-refractivity contribution is 5.77. The summed E-state index contributed by atoms with van der Waals surface area (Å²) in [6.07, 6.45) is 4.47. The van der Waals surface area contributed by atoms with Gasteiger partial charge in [-0.1, -0.05) is 18.6 Å². The van der Waals surface area contributed by atoms with Gasteiger partial charge in [-0.3, -0.25) is 4.99 Å². The van der Waals surface area contributed by atoms with Crippen LogP contribution in [0.3, 0.4) is 0 Å². The fraction of sp³-hybridized carbons (Fsp3) is 0.462. The van der Waals surface area contributed by atoms with E-state index in [-0.39, 0.29) is 0 Å². The van der Waals surface area contributed by atoms with Crippen molar-refractivity contribution in [3.05, 3.63) is 29.8 Å². The Morgan fingerprint density at radius 1 is 1.19 bits per heavy atom. The number of aryl methyl sites for hydroxylation is 1. The van der Waals surface area contributed by atoms with Gasteiger partial charge in [-0.15, -0.1) is 0 Å². The fourth-order valence-electron chi connectivity index (χ4n) is 1.54. The molecule has 0 bridgehead atoms. The zero-order chi connectivity index (χ0) is 11.8. The number of hydrogen-bond donors (Lipinski definition) is 2. The van der Waals surface area contributed by atoms with Crippen LogP contribution in [0.1, 0.15) is 31.7 Å². The Kier molecular flexibility index (Phi) is 5.40.